The van der Waals surface area contributed by atoms with Gasteiger partial charge < -0.3 is 5.32 Å². The number of aromatic nitrogens is 4. The van der Waals surface area contributed by atoms with E-state index in [2.05, 4.69) is 20.5 Å². The third kappa shape index (κ3) is 3.99. The van der Waals surface area contributed by atoms with Gasteiger partial charge in [-0.2, -0.15) is 13.2 Å². The van der Waals surface area contributed by atoms with E-state index in [4.69, 9.17) is 11.6 Å². The highest BCUT2D eigenvalue weighted by Crippen LogP contribution is 2.36. The smallest absolute Gasteiger partial charge is 0.325 e. The second-order valence-electron chi connectivity index (χ2n) is 5.96. The molecule has 0 saturated carbocycles. The van der Waals surface area contributed by atoms with Crippen molar-refractivity contribution >= 4 is 51.6 Å². The zero-order valence-electron chi connectivity index (χ0n) is 14.4. The van der Waals surface area contributed by atoms with Crippen molar-refractivity contribution in [3.05, 3.63) is 59.4 Å². The Kier molecular flexibility index (Phi) is 5.05. The van der Waals surface area contributed by atoms with Gasteiger partial charge in [-0.1, -0.05) is 35.5 Å². The summed E-state index contributed by atoms with van der Waals surface area (Å²) >= 11 is 6.71. The van der Waals surface area contributed by atoms with Gasteiger partial charge in [-0.05, 0) is 30.3 Å². The fourth-order valence-corrected chi connectivity index (χ4v) is 3.72. The molecule has 0 saturated heterocycles. The van der Waals surface area contributed by atoms with E-state index >= 15 is 0 Å². The van der Waals surface area contributed by atoms with Gasteiger partial charge in [0.25, 0.3) is 0 Å². The number of hydrogen-bond donors (Lipinski definition) is 1. The van der Waals surface area contributed by atoms with Gasteiger partial charge in [-0.3, -0.25) is 9.20 Å². The Labute approximate surface area is 171 Å². The number of anilines is 1. The molecule has 2 heterocycles. The van der Waals surface area contributed by atoms with E-state index in [1.165, 1.54) is 6.07 Å². The van der Waals surface area contributed by atoms with E-state index < -0.39 is 22.7 Å². The summed E-state index contributed by atoms with van der Waals surface area (Å²) in [6.07, 6.45) is -3.06. The van der Waals surface area contributed by atoms with Gasteiger partial charge in [0.2, 0.25) is 5.91 Å². The average molecular weight is 438 g/mol. The van der Waals surface area contributed by atoms with Gasteiger partial charge in [-0.15, -0.1) is 10.2 Å². The average Bonchev–Trinajstić information content (AvgIpc) is 3.17. The first-order valence-corrected chi connectivity index (χ1v) is 9.57. The number of fused-ring (bicyclic) bond motifs is 3. The molecule has 1 N–H and O–H groups in total. The number of para-hydroxylation sites is 2. The van der Waals surface area contributed by atoms with Crippen molar-refractivity contribution in [2.24, 2.45) is 0 Å². The van der Waals surface area contributed by atoms with Gasteiger partial charge in [0.05, 0.1) is 27.4 Å². The van der Waals surface area contributed by atoms with Crippen molar-refractivity contribution in [2.75, 3.05) is 11.1 Å². The monoisotopic (exact) mass is 437 g/mol. The molecule has 11 heteroatoms. The van der Waals surface area contributed by atoms with Crippen LogP contribution < -0.4 is 5.32 Å². The quantitative estimate of drug-likeness (QED) is 0.469. The summed E-state index contributed by atoms with van der Waals surface area (Å²) < 4.78 is 40.6. The highest BCUT2D eigenvalue weighted by atomic mass is 35.5. The largest absolute Gasteiger partial charge is 0.417 e. The summed E-state index contributed by atoms with van der Waals surface area (Å²) in [4.78, 5) is 16.8. The van der Waals surface area contributed by atoms with Crippen LogP contribution in [0.25, 0.3) is 16.7 Å². The lowest BCUT2D eigenvalue weighted by atomic mass is 10.2. The molecule has 6 nitrogen and oxygen atoms in total. The standard InChI is InChI=1S/C18H11ClF3N5OS/c19-12-6-5-10(7-11(12)18(20,21)22)24-15(28)8-29-17-16-26-23-9-27(16)14-4-2-1-3-13(14)25-17/h1-7,9H,8H2,(H,24,28). The van der Waals surface area contributed by atoms with Crippen molar-refractivity contribution in [3.63, 3.8) is 0 Å². The molecule has 0 aliphatic rings. The van der Waals surface area contributed by atoms with Crippen molar-refractivity contribution in [1.29, 1.82) is 0 Å². The Morgan fingerprint density at radius 2 is 2.00 bits per heavy atom. The molecule has 148 valence electrons. The Morgan fingerprint density at radius 1 is 1.21 bits per heavy atom. The second-order valence-corrected chi connectivity index (χ2v) is 7.33. The summed E-state index contributed by atoms with van der Waals surface area (Å²) in [5.74, 6) is -0.559. The van der Waals surface area contributed by atoms with Gasteiger partial charge in [0.1, 0.15) is 11.4 Å². The first-order chi connectivity index (χ1) is 13.8. The number of benzene rings is 2. The molecule has 2 aromatic heterocycles. The van der Waals surface area contributed by atoms with Crippen LogP contribution in [0.15, 0.2) is 53.8 Å². The molecule has 1 amide bonds. The number of amides is 1. The molecule has 0 aliphatic carbocycles. The number of carbonyl (C=O) groups excluding carboxylic acids is 1. The first kappa shape index (κ1) is 19.5. The number of nitrogens with one attached hydrogen (secondary N) is 1. The Balaban J connectivity index is 1.52. The van der Waals surface area contributed by atoms with E-state index in [0.29, 0.717) is 16.2 Å². The Morgan fingerprint density at radius 3 is 2.79 bits per heavy atom. The normalized spacial score (nSPS) is 11.9. The predicted molar refractivity (Wildman–Crippen MR) is 104 cm³/mol. The molecule has 0 bridgehead atoms. The van der Waals surface area contributed by atoms with Crippen LogP contribution in [0, 0.1) is 0 Å². The zero-order chi connectivity index (χ0) is 20.6. The minimum absolute atomic E-state index is 0.00594. The number of nitrogens with zero attached hydrogens (tertiary/aromatic N) is 4. The van der Waals surface area contributed by atoms with Crippen molar-refractivity contribution in [1.82, 2.24) is 19.6 Å². The molecular formula is C18H11ClF3N5OS. The van der Waals surface area contributed by atoms with Gasteiger partial charge >= 0.3 is 6.18 Å². The highest BCUT2D eigenvalue weighted by Gasteiger charge is 2.33. The van der Waals surface area contributed by atoms with Crippen LogP contribution >= 0.6 is 23.4 Å². The van der Waals surface area contributed by atoms with E-state index in [0.717, 1.165) is 29.4 Å². The number of hydrogen-bond acceptors (Lipinski definition) is 5. The lowest BCUT2D eigenvalue weighted by Gasteiger charge is -2.12. The summed E-state index contributed by atoms with van der Waals surface area (Å²) in [5.41, 5.74) is 1.02. The maximum absolute atomic E-state index is 13.0. The van der Waals surface area contributed by atoms with Gasteiger partial charge in [-0.25, -0.2) is 4.98 Å². The number of carbonyl (C=O) groups is 1. The van der Waals surface area contributed by atoms with Crippen LogP contribution in [0.4, 0.5) is 18.9 Å². The van der Waals surface area contributed by atoms with Crippen LogP contribution in [0.2, 0.25) is 5.02 Å². The molecule has 4 aromatic rings. The predicted octanol–water partition coefficient (Wildman–Crippen LogP) is 4.68. The molecule has 2 aromatic carbocycles. The molecule has 0 atom stereocenters. The Hall–Kier alpha value is -2.85. The second kappa shape index (κ2) is 7.53. The molecular weight excluding hydrogens is 427 g/mol. The topological polar surface area (TPSA) is 72.2 Å². The lowest BCUT2D eigenvalue weighted by Crippen LogP contribution is -2.15. The SMILES string of the molecule is O=C(CSc1nc2ccccc2n2cnnc12)Nc1ccc(Cl)c(C(F)(F)F)c1. The summed E-state index contributed by atoms with van der Waals surface area (Å²) in [6, 6.07) is 10.6. The summed E-state index contributed by atoms with van der Waals surface area (Å²) in [7, 11) is 0. The minimum atomic E-state index is -4.61. The number of thioether (sulfide) groups is 1. The number of rotatable bonds is 4. The van der Waals surface area contributed by atoms with Crippen LogP contribution in [0.5, 0.6) is 0 Å². The lowest BCUT2D eigenvalue weighted by molar-refractivity contribution is -0.137. The maximum atomic E-state index is 13.0. The van der Waals surface area contributed by atoms with Crippen LogP contribution in [0.3, 0.4) is 0 Å². The zero-order valence-corrected chi connectivity index (χ0v) is 16.0. The van der Waals surface area contributed by atoms with Crippen LogP contribution in [0.1, 0.15) is 5.56 Å². The number of alkyl halides is 3. The van der Waals surface area contributed by atoms with E-state index in [1.54, 1.807) is 10.7 Å². The van der Waals surface area contributed by atoms with E-state index in [9.17, 15) is 18.0 Å². The fraction of sp³-hybridized carbons (Fsp3) is 0.111. The van der Waals surface area contributed by atoms with Crippen molar-refractivity contribution in [3.8, 4) is 0 Å². The van der Waals surface area contributed by atoms with Crippen molar-refractivity contribution < 1.29 is 18.0 Å². The molecule has 0 fully saturated rings. The highest BCUT2D eigenvalue weighted by molar-refractivity contribution is 8.00. The van der Waals surface area contributed by atoms with E-state index in [-0.39, 0.29) is 11.4 Å². The first-order valence-electron chi connectivity index (χ1n) is 8.21. The summed E-state index contributed by atoms with van der Waals surface area (Å²) in [5, 5.41) is 10.4. The minimum Gasteiger partial charge on any atom is -0.325 e. The summed E-state index contributed by atoms with van der Waals surface area (Å²) in [6.45, 7) is 0. The molecule has 4 rings (SSSR count). The fourth-order valence-electron chi connectivity index (χ4n) is 2.73. The number of halogens is 4. The third-order valence-corrected chi connectivity index (χ3v) is 5.28. The van der Waals surface area contributed by atoms with Crippen LogP contribution in [-0.2, 0) is 11.0 Å². The molecule has 0 unspecified atom stereocenters. The van der Waals surface area contributed by atoms with Gasteiger partial charge in [0.15, 0.2) is 5.65 Å². The van der Waals surface area contributed by atoms with Gasteiger partial charge in [0, 0.05) is 5.69 Å². The Bertz CT molecular complexity index is 1230. The van der Waals surface area contributed by atoms with E-state index in [1.807, 2.05) is 24.3 Å². The molecule has 29 heavy (non-hydrogen) atoms. The van der Waals surface area contributed by atoms with Crippen LogP contribution in [-0.4, -0.2) is 31.2 Å². The maximum Gasteiger partial charge on any atom is 0.417 e. The van der Waals surface area contributed by atoms with Crippen molar-refractivity contribution in [2.45, 2.75) is 11.2 Å². The molecule has 0 spiro atoms. The molecule has 0 aliphatic heterocycles. The third-order valence-electron chi connectivity index (χ3n) is 4.00. The molecule has 0 radical (unpaired) electrons.